The van der Waals surface area contributed by atoms with Crippen LogP contribution in [0.5, 0.6) is 5.75 Å². The Kier molecular flexibility index (Phi) is 4.43. The van der Waals surface area contributed by atoms with Crippen molar-refractivity contribution >= 4 is 33.7 Å². The maximum atomic E-state index is 12.7. The molecule has 0 fully saturated rings. The summed E-state index contributed by atoms with van der Waals surface area (Å²) in [6.45, 7) is 0. The fourth-order valence-corrected chi connectivity index (χ4v) is 4.68. The van der Waals surface area contributed by atoms with Crippen molar-refractivity contribution in [1.29, 1.82) is 0 Å². The normalized spacial score (nSPS) is 12.7. The number of hydrogen-bond acceptors (Lipinski definition) is 4. The second-order valence-corrected chi connectivity index (χ2v) is 8.20. The summed E-state index contributed by atoms with van der Waals surface area (Å²) in [7, 11) is 0. The number of aromatic amines is 1. The summed E-state index contributed by atoms with van der Waals surface area (Å²) in [4.78, 5) is 12.7. The zero-order valence-electron chi connectivity index (χ0n) is 17.7. The van der Waals surface area contributed by atoms with Gasteiger partial charge in [-0.3, -0.25) is 9.89 Å². The molecule has 160 valence electrons. The molecule has 6 rings (SSSR count). The molecule has 1 aromatic heterocycles. The van der Waals surface area contributed by atoms with E-state index in [1.807, 2.05) is 30.3 Å². The number of hydrazone groups is 1. The van der Waals surface area contributed by atoms with E-state index in [2.05, 4.69) is 51.1 Å². The summed E-state index contributed by atoms with van der Waals surface area (Å²) in [5.74, 6) is -0.307. The molecule has 0 spiro atoms. The summed E-state index contributed by atoms with van der Waals surface area (Å²) in [6.07, 6.45) is 3.58. The highest BCUT2D eigenvalue weighted by Crippen LogP contribution is 2.36. The summed E-state index contributed by atoms with van der Waals surface area (Å²) in [5.41, 5.74) is 7.82. The third kappa shape index (κ3) is 3.24. The predicted molar refractivity (Wildman–Crippen MR) is 130 cm³/mol. The second kappa shape index (κ2) is 7.60. The molecule has 33 heavy (non-hydrogen) atoms. The van der Waals surface area contributed by atoms with E-state index in [1.54, 1.807) is 12.1 Å². The number of aryl methyl sites for hydroxylation is 2. The summed E-state index contributed by atoms with van der Waals surface area (Å²) >= 11 is 0. The molecule has 0 radical (unpaired) electrons. The largest absolute Gasteiger partial charge is 0.507 e. The van der Waals surface area contributed by atoms with Crippen LogP contribution in [0.3, 0.4) is 0 Å². The highest BCUT2D eigenvalue weighted by molar-refractivity contribution is 6.04. The minimum absolute atomic E-state index is 0.0996. The Morgan fingerprint density at radius 3 is 2.70 bits per heavy atom. The van der Waals surface area contributed by atoms with E-state index in [1.165, 1.54) is 22.7 Å². The zero-order valence-corrected chi connectivity index (χ0v) is 17.7. The number of nitrogens with zero attached hydrogens (tertiary/aromatic N) is 2. The maximum absolute atomic E-state index is 12.7. The average Bonchev–Trinajstić information content (AvgIpc) is 3.50. The van der Waals surface area contributed by atoms with Gasteiger partial charge in [-0.15, -0.1) is 0 Å². The summed E-state index contributed by atoms with van der Waals surface area (Å²) < 4.78 is 0. The van der Waals surface area contributed by atoms with Crippen LogP contribution in [0.1, 0.15) is 27.2 Å². The van der Waals surface area contributed by atoms with Crippen LogP contribution in [0.4, 0.5) is 0 Å². The lowest BCUT2D eigenvalue weighted by Gasteiger charge is -2.06. The van der Waals surface area contributed by atoms with Crippen molar-refractivity contribution in [3.63, 3.8) is 0 Å². The smallest absolute Gasteiger partial charge is 0.289 e. The number of amides is 1. The Balaban J connectivity index is 1.26. The minimum Gasteiger partial charge on any atom is -0.507 e. The predicted octanol–water partition coefficient (Wildman–Crippen LogP) is 4.95. The van der Waals surface area contributed by atoms with E-state index in [-0.39, 0.29) is 5.75 Å². The first-order chi connectivity index (χ1) is 16.2. The van der Waals surface area contributed by atoms with Gasteiger partial charge in [-0.25, -0.2) is 5.43 Å². The molecule has 6 heteroatoms. The number of carbonyl (C=O) groups excluding carboxylic acids is 1. The first-order valence-electron chi connectivity index (χ1n) is 10.8. The van der Waals surface area contributed by atoms with Crippen molar-refractivity contribution in [1.82, 2.24) is 15.6 Å². The number of phenols is 1. The minimum atomic E-state index is -0.407. The number of hydrogen-bond donors (Lipinski definition) is 3. The number of rotatable bonds is 4. The number of nitrogens with one attached hydrogen (secondary N) is 2. The topological polar surface area (TPSA) is 90.4 Å². The molecular weight excluding hydrogens is 412 g/mol. The van der Waals surface area contributed by atoms with Gasteiger partial charge in [0.15, 0.2) is 0 Å². The van der Waals surface area contributed by atoms with Crippen molar-refractivity contribution in [3.8, 4) is 17.0 Å². The third-order valence-corrected chi connectivity index (χ3v) is 6.28. The number of carbonyl (C=O) groups is 1. The van der Waals surface area contributed by atoms with Gasteiger partial charge < -0.3 is 5.11 Å². The van der Waals surface area contributed by atoms with Crippen LogP contribution in [0.25, 0.3) is 32.8 Å². The van der Waals surface area contributed by atoms with Gasteiger partial charge in [0.05, 0.1) is 11.9 Å². The van der Waals surface area contributed by atoms with Gasteiger partial charge in [0.2, 0.25) is 0 Å². The van der Waals surface area contributed by atoms with Crippen molar-refractivity contribution in [2.45, 2.75) is 12.8 Å². The van der Waals surface area contributed by atoms with E-state index in [4.69, 9.17) is 0 Å². The molecule has 6 nitrogen and oxygen atoms in total. The first-order valence-corrected chi connectivity index (χ1v) is 10.8. The van der Waals surface area contributed by atoms with Crippen LogP contribution >= 0.6 is 0 Å². The average molecular weight is 432 g/mol. The number of aromatic hydroxyl groups is 1. The lowest BCUT2D eigenvalue weighted by atomic mass is 9.98. The fourth-order valence-electron chi connectivity index (χ4n) is 4.68. The SMILES string of the molecule is O=C(N/N=C/c1c(O)ccc2ccccc12)c1cc(-c2ccc3c4c(cccc24)CC3)n[nH]1. The van der Waals surface area contributed by atoms with Gasteiger partial charge in [0.25, 0.3) is 5.91 Å². The van der Waals surface area contributed by atoms with Crippen molar-refractivity contribution in [2.75, 3.05) is 0 Å². The van der Waals surface area contributed by atoms with E-state index in [9.17, 15) is 9.90 Å². The number of phenolic OH excluding ortho intramolecular Hbond substituents is 1. The second-order valence-electron chi connectivity index (χ2n) is 8.20. The number of benzene rings is 4. The fraction of sp³-hybridized carbons (Fsp3) is 0.0741. The molecule has 0 saturated heterocycles. The molecule has 1 aliphatic carbocycles. The van der Waals surface area contributed by atoms with Crippen LogP contribution in [-0.4, -0.2) is 27.4 Å². The molecule has 0 unspecified atom stereocenters. The van der Waals surface area contributed by atoms with Crippen molar-refractivity contribution < 1.29 is 9.90 Å². The van der Waals surface area contributed by atoms with E-state index < -0.39 is 5.91 Å². The molecular formula is C27H20N4O2. The van der Waals surface area contributed by atoms with Gasteiger partial charge in [0, 0.05) is 11.1 Å². The number of fused-ring (bicyclic) bond motifs is 1. The van der Waals surface area contributed by atoms with Crippen molar-refractivity contribution in [3.05, 3.63) is 95.2 Å². The molecule has 1 amide bonds. The van der Waals surface area contributed by atoms with E-state index in [0.29, 0.717) is 17.0 Å². The van der Waals surface area contributed by atoms with Gasteiger partial charge in [-0.05, 0) is 57.6 Å². The van der Waals surface area contributed by atoms with E-state index >= 15 is 0 Å². The molecule has 1 aliphatic rings. The Bertz CT molecular complexity index is 1570. The van der Waals surface area contributed by atoms with E-state index in [0.717, 1.165) is 34.6 Å². The molecule has 5 aromatic rings. The Morgan fingerprint density at radius 2 is 1.79 bits per heavy atom. The standard InChI is InChI=1S/C27H20N4O2/c32-25-13-11-16-4-1-2-6-19(16)22(25)15-28-31-27(33)24-14-23(29-30-24)20-12-10-18-9-8-17-5-3-7-21(20)26(17)18/h1-7,10-15,32H,8-9H2,(H,29,30)(H,31,33)/b28-15+. The Morgan fingerprint density at radius 1 is 0.970 bits per heavy atom. The van der Waals surface area contributed by atoms with Gasteiger partial charge in [0.1, 0.15) is 11.4 Å². The van der Waals surface area contributed by atoms with Crippen molar-refractivity contribution in [2.24, 2.45) is 5.10 Å². The van der Waals surface area contributed by atoms with Crippen LogP contribution in [-0.2, 0) is 12.8 Å². The van der Waals surface area contributed by atoms with Gasteiger partial charge in [-0.1, -0.05) is 60.7 Å². The monoisotopic (exact) mass is 432 g/mol. The quantitative estimate of drug-likeness (QED) is 0.277. The Labute approximate surface area is 189 Å². The molecule has 3 N–H and O–H groups in total. The highest BCUT2D eigenvalue weighted by atomic mass is 16.3. The van der Waals surface area contributed by atoms with Crippen LogP contribution in [0.15, 0.2) is 77.9 Å². The maximum Gasteiger partial charge on any atom is 0.289 e. The lowest BCUT2D eigenvalue weighted by Crippen LogP contribution is -2.18. The van der Waals surface area contributed by atoms with Gasteiger partial charge >= 0.3 is 0 Å². The molecule has 0 bridgehead atoms. The molecule has 1 heterocycles. The Hall–Kier alpha value is -4.45. The molecule has 0 atom stereocenters. The number of H-pyrrole nitrogens is 1. The zero-order chi connectivity index (χ0) is 22.4. The van der Waals surface area contributed by atoms with Crippen LogP contribution in [0.2, 0.25) is 0 Å². The van der Waals surface area contributed by atoms with Gasteiger partial charge in [-0.2, -0.15) is 10.2 Å². The lowest BCUT2D eigenvalue weighted by molar-refractivity contribution is 0.0950. The molecule has 0 aliphatic heterocycles. The highest BCUT2D eigenvalue weighted by Gasteiger charge is 2.18. The van der Waals surface area contributed by atoms with Crippen LogP contribution < -0.4 is 5.43 Å². The molecule has 0 saturated carbocycles. The first kappa shape index (κ1) is 19.3. The number of aromatic nitrogens is 2. The third-order valence-electron chi connectivity index (χ3n) is 6.28. The summed E-state index contributed by atoms with van der Waals surface area (Å²) in [6, 6.07) is 23.5. The van der Waals surface area contributed by atoms with Crippen LogP contribution in [0, 0.1) is 0 Å². The summed E-state index contributed by atoms with van der Waals surface area (Å²) in [5, 5.41) is 25.8. The molecule has 4 aromatic carbocycles.